The summed E-state index contributed by atoms with van der Waals surface area (Å²) in [4.78, 5) is 0. The SMILES string of the molecule is Cc1ccc2c(c1)Cc1cc(C)ccc1-2.Cc1ccc2c(c1)Cc1ccccc1-2. The summed E-state index contributed by atoms with van der Waals surface area (Å²) >= 11 is 0. The minimum absolute atomic E-state index is 1.10. The van der Waals surface area contributed by atoms with E-state index in [9.17, 15) is 0 Å². The lowest BCUT2D eigenvalue weighted by Crippen LogP contribution is -1.81. The van der Waals surface area contributed by atoms with Crippen molar-refractivity contribution in [2.45, 2.75) is 33.6 Å². The summed E-state index contributed by atoms with van der Waals surface area (Å²) in [5.74, 6) is 0. The van der Waals surface area contributed by atoms with Crippen LogP contribution in [0, 0.1) is 20.8 Å². The monoisotopic (exact) mass is 374 g/mol. The van der Waals surface area contributed by atoms with E-state index in [0.717, 1.165) is 12.8 Å². The maximum atomic E-state index is 2.31. The molecule has 2 aliphatic rings. The molecule has 4 aromatic rings. The zero-order valence-corrected chi connectivity index (χ0v) is 17.4. The fourth-order valence-corrected chi connectivity index (χ4v) is 4.74. The molecule has 2 aliphatic carbocycles. The molecular formula is C29H26. The molecule has 0 atom stereocenters. The molecule has 0 radical (unpaired) electrons. The first-order chi connectivity index (χ1) is 14.1. The number of aryl methyl sites for hydroxylation is 3. The van der Waals surface area contributed by atoms with Crippen molar-refractivity contribution in [1.82, 2.24) is 0 Å². The van der Waals surface area contributed by atoms with Gasteiger partial charge in [-0.25, -0.2) is 0 Å². The van der Waals surface area contributed by atoms with Gasteiger partial charge in [0.15, 0.2) is 0 Å². The molecule has 0 saturated carbocycles. The zero-order valence-electron chi connectivity index (χ0n) is 17.4. The first-order valence-electron chi connectivity index (χ1n) is 10.5. The van der Waals surface area contributed by atoms with E-state index in [4.69, 9.17) is 0 Å². The minimum atomic E-state index is 1.10. The molecule has 6 rings (SSSR count). The van der Waals surface area contributed by atoms with Crippen LogP contribution in [0.5, 0.6) is 0 Å². The molecule has 29 heavy (non-hydrogen) atoms. The molecule has 0 amide bonds. The standard InChI is InChI=1S/C15H14.C14H12/c1-10-3-5-14-12(7-10)9-13-8-11(2)4-6-15(13)14;1-10-6-7-14-12(8-10)9-11-4-2-3-5-13(11)14/h3-8H,9H2,1-2H3;2-8H,9H2,1H3. The molecule has 0 N–H and O–H groups in total. The highest BCUT2D eigenvalue weighted by molar-refractivity contribution is 5.78. The molecule has 0 unspecified atom stereocenters. The van der Waals surface area contributed by atoms with Gasteiger partial charge < -0.3 is 0 Å². The Labute approximate surface area is 173 Å². The van der Waals surface area contributed by atoms with E-state index in [2.05, 4.69) is 99.6 Å². The quantitative estimate of drug-likeness (QED) is 0.259. The van der Waals surface area contributed by atoms with Gasteiger partial charge in [-0.2, -0.15) is 0 Å². The van der Waals surface area contributed by atoms with Gasteiger partial charge in [0.2, 0.25) is 0 Å². The average Bonchev–Trinajstić information content (AvgIpc) is 3.24. The van der Waals surface area contributed by atoms with Gasteiger partial charge in [-0.1, -0.05) is 95.6 Å². The molecule has 0 aromatic heterocycles. The summed E-state index contributed by atoms with van der Waals surface area (Å²) in [6.45, 7) is 6.48. The van der Waals surface area contributed by atoms with E-state index < -0.39 is 0 Å². The number of fused-ring (bicyclic) bond motifs is 6. The Hall–Kier alpha value is -3.12. The molecule has 0 aliphatic heterocycles. The summed E-state index contributed by atoms with van der Waals surface area (Å²) in [6, 6.07) is 29.0. The Morgan fingerprint density at radius 3 is 1.28 bits per heavy atom. The Morgan fingerprint density at radius 1 is 0.414 bits per heavy atom. The second-order valence-electron chi connectivity index (χ2n) is 8.49. The molecule has 0 bridgehead atoms. The van der Waals surface area contributed by atoms with E-state index in [0.29, 0.717) is 0 Å². The number of hydrogen-bond donors (Lipinski definition) is 0. The predicted octanol–water partition coefficient (Wildman–Crippen LogP) is 7.44. The lowest BCUT2D eigenvalue weighted by Gasteiger charge is -2.01. The van der Waals surface area contributed by atoms with Crippen LogP contribution in [-0.4, -0.2) is 0 Å². The third-order valence-electron chi connectivity index (χ3n) is 6.14. The number of hydrogen-bond acceptors (Lipinski definition) is 0. The highest BCUT2D eigenvalue weighted by Crippen LogP contribution is 2.37. The summed E-state index contributed by atoms with van der Waals surface area (Å²) in [7, 11) is 0. The van der Waals surface area contributed by atoms with Crippen LogP contribution in [0.3, 0.4) is 0 Å². The van der Waals surface area contributed by atoms with Gasteiger partial charge in [-0.05, 0) is 78.1 Å². The zero-order chi connectivity index (χ0) is 20.0. The maximum Gasteiger partial charge on any atom is -0.00133 e. The third kappa shape index (κ3) is 3.29. The molecule has 0 fully saturated rings. The summed E-state index contributed by atoms with van der Waals surface area (Å²) in [5.41, 5.74) is 15.7. The lowest BCUT2D eigenvalue weighted by atomic mass is 10.0. The molecule has 0 heteroatoms. The molecule has 142 valence electrons. The van der Waals surface area contributed by atoms with Crippen LogP contribution in [0.4, 0.5) is 0 Å². The van der Waals surface area contributed by atoms with Gasteiger partial charge in [-0.15, -0.1) is 0 Å². The van der Waals surface area contributed by atoms with E-state index in [1.54, 1.807) is 0 Å². The predicted molar refractivity (Wildman–Crippen MR) is 124 cm³/mol. The van der Waals surface area contributed by atoms with Gasteiger partial charge >= 0.3 is 0 Å². The molecule has 0 nitrogen and oxygen atoms in total. The van der Waals surface area contributed by atoms with Crippen molar-refractivity contribution in [2.24, 2.45) is 0 Å². The second-order valence-corrected chi connectivity index (χ2v) is 8.49. The first-order valence-corrected chi connectivity index (χ1v) is 10.5. The molecule has 0 spiro atoms. The highest BCUT2D eigenvalue weighted by atomic mass is 14.2. The summed E-state index contributed by atoms with van der Waals surface area (Å²) in [5, 5.41) is 0. The van der Waals surface area contributed by atoms with Crippen LogP contribution in [0.15, 0.2) is 78.9 Å². The van der Waals surface area contributed by atoms with Gasteiger partial charge in [0, 0.05) is 0 Å². The fourth-order valence-electron chi connectivity index (χ4n) is 4.74. The Bertz CT molecular complexity index is 1180. The van der Waals surface area contributed by atoms with Crippen LogP contribution in [0.1, 0.15) is 38.9 Å². The van der Waals surface area contributed by atoms with Crippen LogP contribution in [-0.2, 0) is 12.8 Å². The number of rotatable bonds is 0. The maximum absolute atomic E-state index is 2.31. The lowest BCUT2D eigenvalue weighted by molar-refractivity contribution is 1.24. The van der Waals surface area contributed by atoms with Gasteiger partial charge in [0.25, 0.3) is 0 Å². The van der Waals surface area contributed by atoms with Crippen LogP contribution >= 0.6 is 0 Å². The Balaban J connectivity index is 0.000000125. The van der Waals surface area contributed by atoms with Crippen LogP contribution in [0.25, 0.3) is 22.3 Å². The van der Waals surface area contributed by atoms with E-state index in [1.807, 2.05) is 0 Å². The first kappa shape index (κ1) is 17.9. The Morgan fingerprint density at radius 2 is 0.793 bits per heavy atom. The minimum Gasteiger partial charge on any atom is -0.0619 e. The molecule has 0 saturated heterocycles. The third-order valence-corrected chi connectivity index (χ3v) is 6.14. The molecule has 4 aromatic carbocycles. The van der Waals surface area contributed by atoms with Gasteiger partial charge in [-0.3, -0.25) is 0 Å². The van der Waals surface area contributed by atoms with Gasteiger partial charge in [0.05, 0.1) is 0 Å². The Kier molecular flexibility index (Phi) is 4.36. The van der Waals surface area contributed by atoms with E-state index in [1.165, 1.54) is 61.2 Å². The molecule has 0 heterocycles. The second kappa shape index (κ2) is 7.04. The largest absolute Gasteiger partial charge is 0.0619 e. The van der Waals surface area contributed by atoms with Crippen molar-refractivity contribution < 1.29 is 0 Å². The fraction of sp³-hybridized carbons (Fsp3) is 0.172. The van der Waals surface area contributed by atoms with Crippen LogP contribution < -0.4 is 0 Å². The van der Waals surface area contributed by atoms with Crippen molar-refractivity contribution in [3.8, 4) is 22.3 Å². The van der Waals surface area contributed by atoms with Gasteiger partial charge in [0.1, 0.15) is 0 Å². The van der Waals surface area contributed by atoms with Crippen molar-refractivity contribution in [3.05, 3.63) is 118 Å². The van der Waals surface area contributed by atoms with Crippen molar-refractivity contribution in [3.63, 3.8) is 0 Å². The number of benzene rings is 4. The van der Waals surface area contributed by atoms with Crippen molar-refractivity contribution >= 4 is 0 Å². The normalized spacial score (nSPS) is 12.4. The van der Waals surface area contributed by atoms with E-state index in [-0.39, 0.29) is 0 Å². The average molecular weight is 375 g/mol. The van der Waals surface area contributed by atoms with Crippen molar-refractivity contribution in [1.29, 1.82) is 0 Å². The summed E-state index contributed by atoms with van der Waals surface area (Å²) in [6.07, 6.45) is 2.21. The smallest absolute Gasteiger partial charge is 0.00133 e. The van der Waals surface area contributed by atoms with Crippen molar-refractivity contribution in [2.75, 3.05) is 0 Å². The van der Waals surface area contributed by atoms with E-state index >= 15 is 0 Å². The summed E-state index contributed by atoms with van der Waals surface area (Å²) < 4.78 is 0. The molecular weight excluding hydrogens is 348 g/mol. The van der Waals surface area contributed by atoms with Crippen LogP contribution in [0.2, 0.25) is 0 Å². The topological polar surface area (TPSA) is 0 Å². The highest BCUT2D eigenvalue weighted by Gasteiger charge is 2.18.